The van der Waals surface area contributed by atoms with E-state index in [1.807, 2.05) is 32.9 Å². The van der Waals surface area contributed by atoms with Gasteiger partial charge in [0.05, 0.1) is 23.5 Å². The Morgan fingerprint density at radius 3 is 2.67 bits per heavy atom. The number of methoxy groups -OCH3 is 1. The van der Waals surface area contributed by atoms with E-state index in [0.29, 0.717) is 17.0 Å². The largest absolute Gasteiger partial charge is 0.497 e. The molecule has 3 heterocycles. The number of aromatic nitrogens is 2. The molecule has 1 fully saturated rings. The van der Waals surface area contributed by atoms with Gasteiger partial charge in [-0.2, -0.15) is 0 Å². The average molecular weight is 487 g/mol. The Morgan fingerprint density at radius 2 is 2.00 bits per heavy atom. The Labute approximate surface area is 201 Å². The number of nitrogens with zero attached hydrogens (tertiary/aromatic N) is 2. The number of anilines is 1. The summed E-state index contributed by atoms with van der Waals surface area (Å²) in [7, 11) is 1.67. The first-order chi connectivity index (χ1) is 15.9. The van der Waals surface area contributed by atoms with Crippen molar-refractivity contribution in [3.63, 3.8) is 0 Å². The van der Waals surface area contributed by atoms with E-state index in [1.54, 1.807) is 18.4 Å². The molecule has 0 saturated carbocycles. The Hall–Kier alpha value is -2.52. The second kappa shape index (κ2) is 10.2. The topological polar surface area (TPSA) is 87.3 Å². The number of piperidine rings is 1. The molecule has 33 heavy (non-hydrogen) atoms. The Bertz CT molecular complexity index is 1180. The molecule has 9 heteroatoms. The van der Waals surface area contributed by atoms with Crippen LogP contribution in [0.25, 0.3) is 10.2 Å². The second-order valence-corrected chi connectivity index (χ2v) is 10.9. The van der Waals surface area contributed by atoms with Gasteiger partial charge in [-0.15, -0.1) is 23.1 Å². The maximum atomic E-state index is 12.7. The summed E-state index contributed by atoms with van der Waals surface area (Å²) in [6.07, 6.45) is 1.83. The minimum Gasteiger partial charge on any atom is -0.497 e. The molecule has 0 aliphatic carbocycles. The van der Waals surface area contributed by atoms with Gasteiger partial charge in [-0.05, 0) is 63.4 Å². The number of ether oxygens (including phenoxy) is 1. The smallest absolute Gasteiger partial charge is 0.259 e. The quantitative estimate of drug-likeness (QED) is 0.525. The van der Waals surface area contributed by atoms with E-state index in [1.165, 1.54) is 17.4 Å². The molecule has 2 N–H and O–H groups in total. The molecule has 1 aromatic carbocycles. The number of thioether (sulfide) groups is 1. The summed E-state index contributed by atoms with van der Waals surface area (Å²) in [6, 6.07) is 8.28. The lowest BCUT2D eigenvalue weighted by Gasteiger charge is -2.34. The number of nitrogens with one attached hydrogen (secondary N) is 2. The normalized spacial score (nSPS) is 15.6. The Kier molecular flexibility index (Phi) is 7.29. The summed E-state index contributed by atoms with van der Waals surface area (Å²) < 4.78 is 5.23. The van der Waals surface area contributed by atoms with Crippen molar-refractivity contribution in [2.75, 3.05) is 25.1 Å². The zero-order valence-electron chi connectivity index (χ0n) is 19.4. The van der Waals surface area contributed by atoms with E-state index in [0.717, 1.165) is 47.0 Å². The number of fused-ring (bicyclic) bond motifs is 1. The Morgan fingerprint density at radius 1 is 1.30 bits per heavy atom. The highest BCUT2D eigenvalue weighted by molar-refractivity contribution is 7.99. The van der Waals surface area contributed by atoms with Crippen LogP contribution in [0.3, 0.4) is 0 Å². The van der Waals surface area contributed by atoms with E-state index >= 15 is 0 Å². The van der Waals surface area contributed by atoms with Gasteiger partial charge < -0.3 is 19.9 Å². The minimum atomic E-state index is -0.225. The van der Waals surface area contributed by atoms with Gasteiger partial charge in [0.15, 0.2) is 0 Å². The van der Waals surface area contributed by atoms with Crippen molar-refractivity contribution in [1.82, 2.24) is 15.3 Å². The lowest BCUT2D eigenvalue weighted by molar-refractivity contribution is -0.121. The van der Waals surface area contributed by atoms with Gasteiger partial charge in [-0.3, -0.25) is 9.59 Å². The lowest BCUT2D eigenvalue weighted by Crippen LogP contribution is -2.46. The molecule has 1 amide bonds. The number of aromatic amines is 1. The molecule has 4 rings (SSSR count). The molecular weight excluding hydrogens is 456 g/mol. The molecule has 0 bridgehead atoms. The molecule has 1 atom stereocenters. The van der Waals surface area contributed by atoms with Gasteiger partial charge >= 0.3 is 0 Å². The van der Waals surface area contributed by atoms with Crippen LogP contribution >= 0.6 is 23.1 Å². The molecule has 1 aliphatic heterocycles. The van der Waals surface area contributed by atoms with Gasteiger partial charge in [0, 0.05) is 29.7 Å². The molecule has 2 aromatic heterocycles. The highest BCUT2D eigenvalue weighted by atomic mass is 32.2. The van der Waals surface area contributed by atoms with Crippen LogP contribution in [-0.2, 0) is 10.5 Å². The van der Waals surface area contributed by atoms with Crippen molar-refractivity contribution in [1.29, 1.82) is 0 Å². The van der Waals surface area contributed by atoms with Crippen molar-refractivity contribution in [2.24, 2.45) is 0 Å². The van der Waals surface area contributed by atoms with Crippen molar-refractivity contribution >= 4 is 44.9 Å². The second-order valence-electron chi connectivity index (χ2n) is 8.40. The molecule has 1 aliphatic rings. The van der Waals surface area contributed by atoms with Gasteiger partial charge in [0.25, 0.3) is 5.56 Å². The predicted molar refractivity (Wildman–Crippen MR) is 137 cm³/mol. The minimum absolute atomic E-state index is 0.0362. The molecule has 7 nitrogen and oxygen atoms in total. The highest BCUT2D eigenvalue weighted by Gasteiger charge is 2.23. The van der Waals surface area contributed by atoms with Gasteiger partial charge in [-0.25, -0.2) is 4.98 Å². The van der Waals surface area contributed by atoms with E-state index < -0.39 is 0 Å². The standard InChI is InChI=1S/C24H30N4O3S2/c1-14-15(2)33-24-21(14)23(30)26-20(27-24)13-32-16(3)22(29)25-17-9-11-28(12-10-17)18-5-7-19(31-4)8-6-18/h5-8,16-17H,9-13H2,1-4H3,(H,25,29)(H,26,27,30). The number of hydrogen-bond acceptors (Lipinski definition) is 7. The average Bonchev–Trinajstić information content (AvgIpc) is 3.11. The van der Waals surface area contributed by atoms with E-state index in [2.05, 4.69) is 32.3 Å². The first-order valence-corrected chi connectivity index (χ1v) is 13.0. The van der Waals surface area contributed by atoms with Crippen LogP contribution in [0.15, 0.2) is 29.1 Å². The van der Waals surface area contributed by atoms with E-state index in [4.69, 9.17) is 4.74 Å². The van der Waals surface area contributed by atoms with Gasteiger partial charge in [0.1, 0.15) is 16.4 Å². The molecule has 3 aromatic rings. The fourth-order valence-corrected chi connectivity index (χ4v) is 5.85. The van der Waals surface area contributed by atoms with Crippen LogP contribution in [0.1, 0.15) is 36.0 Å². The number of amides is 1. The van der Waals surface area contributed by atoms with E-state index in [9.17, 15) is 9.59 Å². The number of hydrogen-bond donors (Lipinski definition) is 2. The van der Waals surface area contributed by atoms with Crippen molar-refractivity contribution in [2.45, 2.75) is 50.7 Å². The van der Waals surface area contributed by atoms with Crippen LogP contribution in [0.5, 0.6) is 5.75 Å². The summed E-state index contributed by atoms with van der Waals surface area (Å²) in [5.41, 5.74) is 2.08. The molecule has 1 saturated heterocycles. The maximum absolute atomic E-state index is 12.7. The number of aryl methyl sites for hydroxylation is 2. The summed E-state index contributed by atoms with van der Waals surface area (Å²) >= 11 is 3.03. The summed E-state index contributed by atoms with van der Waals surface area (Å²) in [5, 5.41) is 3.65. The van der Waals surface area contributed by atoms with Gasteiger partial charge in [0.2, 0.25) is 5.91 Å². The third kappa shape index (κ3) is 5.35. The summed E-state index contributed by atoms with van der Waals surface area (Å²) in [5.74, 6) is 2.00. The van der Waals surface area contributed by atoms with Crippen LogP contribution in [0, 0.1) is 13.8 Å². The number of carbonyl (C=O) groups is 1. The first kappa shape index (κ1) is 23.6. The number of thiophene rings is 1. The maximum Gasteiger partial charge on any atom is 0.259 e. The number of H-pyrrole nitrogens is 1. The molecule has 0 radical (unpaired) electrons. The third-order valence-electron chi connectivity index (χ3n) is 6.21. The lowest BCUT2D eigenvalue weighted by atomic mass is 10.0. The van der Waals surface area contributed by atoms with Crippen molar-refractivity contribution < 1.29 is 9.53 Å². The van der Waals surface area contributed by atoms with Crippen LogP contribution in [0.2, 0.25) is 0 Å². The summed E-state index contributed by atoms with van der Waals surface area (Å²) in [6.45, 7) is 7.67. The zero-order valence-corrected chi connectivity index (χ0v) is 21.1. The Balaban J connectivity index is 1.27. The summed E-state index contributed by atoms with van der Waals surface area (Å²) in [4.78, 5) is 36.9. The van der Waals surface area contributed by atoms with Crippen LogP contribution < -0.4 is 20.5 Å². The number of carbonyl (C=O) groups excluding carboxylic acids is 1. The molecular formula is C24H30N4O3S2. The van der Waals surface area contributed by atoms with Crippen LogP contribution in [-0.4, -0.2) is 47.4 Å². The number of benzene rings is 1. The zero-order chi connectivity index (χ0) is 23.5. The van der Waals surface area contributed by atoms with Crippen molar-refractivity contribution in [3.8, 4) is 5.75 Å². The fraction of sp³-hybridized carbons (Fsp3) is 0.458. The van der Waals surface area contributed by atoms with Crippen LogP contribution in [0.4, 0.5) is 5.69 Å². The molecule has 0 spiro atoms. The monoisotopic (exact) mass is 486 g/mol. The van der Waals surface area contributed by atoms with Gasteiger partial charge in [-0.1, -0.05) is 0 Å². The third-order valence-corrected chi connectivity index (χ3v) is 8.46. The highest BCUT2D eigenvalue weighted by Crippen LogP contribution is 2.27. The molecule has 1 unspecified atom stereocenters. The first-order valence-electron chi connectivity index (χ1n) is 11.2. The molecule has 176 valence electrons. The van der Waals surface area contributed by atoms with E-state index in [-0.39, 0.29) is 22.8 Å². The predicted octanol–water partition coefficient (Wildman–Crippen LogP) is 4.02. The van der Waals surface area contributed by atoms with Crippen molar-refractivity contribution in [3.05, 3.63) is 50.9 Å². The fourth-order valence-electron chi connectivity index (χ4n) is 4.04. The SMILES string of the molecule is COc1ccc(N2CCC(NC(=O)C(C)SCc3nc4sc(C)c(C)c4c(=O)[nH]3)CC2)cc1. The number of rotatable bonds is 7.